The van der Waals surface area contributed by atoms with Crippen LogP contribution in [0, 0.1) is 6.92 Å². The Kier molecular flexibility index (Phi) is 3.27. The molecule has 1 saturated heterocycles. The van der Waals surface area contributed by atoms with Crippen LogP contribution < -0.4 is 15.8 Å². The van der Waals surface area contributed by atoms with Gasteiger partial charge in [0.05, 0.1) is 4.90 Å². The molecule has 1 unspecified atom stereocenters. The van der Waals surface area contributed by atoms with E-state index in [4.69, 9.17) is 5.73 Å². The maximum atomic E-state index is 12.1. The van der Waals surface area contributed by atoms with Crippen molar-refractivity contribution in [1.82, 2.24) is 10.0 Å². The molecule has 98 valence electrons. The molecular weight excluding hydrogens is 254 g/mol. The van der Waals surface area contributed by atoms with Crippen molar-refractivity contribution in [3.05, 3.63) is 23.8 Å². The topological polar surface area (TPSA) is 101 Å². The lowest BCUT2D eigenvalue weighted by atomic mass is 10.2. The molecule has 4 N–H and O–H groups in total. The van der Waals surface area contributed by atoms with Crippen LogP contribution in [-0.2, 0) is 14.8 Å². The van der Waals surface area contributed by atoms with Crippen molar-refractivity contribution < 1.29 is 13.2 Å². The standard InChI is InChI=1S/C11H15N3O3S/c1-7-4-9(2-3-10(7)12)18(16,17)14-8-5-11(15)13-6-8/h2-4,8,14H,5-6,12H2,1H3,(H,13,15). The number of anilines is 1. The molecule has 1 heterocycles. The Balaban J connectivity index is 2.20. The second kappa shape index (κ2) is 4.58. The van der Waals surface area contributed by atoms with Crippen LogP contribution in [0.2, 0.25) is 0 Å². The van der Waals surface area contributed by atoms with Crippen molar-refractivity contribution >= 4 is 21.6 Å². The van der Waals surface area contributed by atoms with Gasteiger partial charge in [0.2, 0.25) is 15.9 Å². The van der Waals surface area contributed by atoms with E-state index < -0.39 is 10.0 Å². The molecule has 6 nitrogen and oxygen atoms in total. The predicted molar refractivity (Wildman–Crippen MR) is 67.3 cm³/mol. The Morgan fingerprint density at radius 2 is 2.17 bits per heavy atom. The van der Waals surface area contributed by atoms with Crippen LogP contribution in [0.4, 0.5) is 5.69 Å². The van der Waals surface area contributed by atoms with Gasteiger partial charge in [-0.1, -0.05) is 0 Å². The second-order valence-corrected chi connectivity index (χ2v) is 6.06. The number of nitrogens with one attached hydrogen (secondary N) is 2. The summed E-state index contributed by atoms with van der Waals surface area (Å²) in [5.41, 5.74) is 6.90. The highest BCUT2D eigenvalue weighted by Crippen LogP contribution is 2.17. The van der Waals surface area contributed by atoms with Crippen molar-refractivity contribution in [1.29, 1.82) is 0 Å². The Morgan fingerprint density at radius 3 is 2.72 bits per heavy atom. The number of rotatable bonds is 3. The van der Waals surface area contributed by atoms with Gasteiger partial charge < -0.3 is 11.1 Å². The molecule has 1 amide bonds. The fourth-order valence-corrected chi connectivity index (χ4v) is 3.11. The first-order valence-corrected chi connectivity index (χ1v) is 7.02. The molecule has 0 bridgehead atoms. The number of amides is 1. The van der Waals surface area contributed by atoms with E-state index in [1.807, 2.05) is 0 Å². The lowest BCUT2D eigenvalue weighted by Crippen LogP contribution is -2.36. The van der Waals surface area contributed by atoms with Gasteiger partial charge >= 0.3 is 0 Å². The number of sulfonamides is 1. The van der Waals surface area contributed by atoms with Gasteiger partial charge in [-0.3, -0.25) is 4.79 Å². The fraction of sp³-hybridized carbons (Fsp3) is 0.364. The Hall–Kier alpha value is -1.60. The van der Waals surface area contributed by atoms with Crippen molar-refractivity contribution in [2.75, 3.05) is 12.3 Å². The van der Waals surface area contributed by atoms with Crippen LogP contribution in [-0.4, -0.2) is 26.9 Å². The van der Waals surface area contributed by atoms with E-state index in [1.165, 1.54) is 12.1 Å². The predicted octanol–water partition coefficient (Wildman–Crippen LogP) is -0.256. The third-order valence-electron chi connectivity index (χ3n) is 2.85. The van der Waals surface area contributed by atoms with Gasteiger partial charge in [0.1, 0.15) is 0 Å². The number of carbonyl (C=O) groups excluding carboxylic acids is 1. The maximum absolute atomic E-state index is 12.1. The SMILES string of the molecule is Cc1cc(S(=O)(=O)NC2CNC(=O)C2)ccc1N. The third kappa shape index (κ3) is 2.62. The largest absolute Gasteiger partial charge is 0.399 e. The molecular formula is C11H15N3O3S. The van der Waals surface area contributed by atoms with E-state index in [1.54, 1.807) is 13.0 Å². The second-order valence-electron chi connectivity index (χ2n) is 4.34. The van der Waals surface area contributed by atoms with Crippen molar-refractivity contribution in [2.45, 2.75) is 24.3 Å². The first-order chi connectivity index (χ1) is 8.38. The van der Waals surface area contributed by atoms with Gasteiger partial charge in [-0.2, -0.15) is 0 Å². The number of aryl methyl sites for hydroxylation is 1. The highest BCUT2D eigenvalue weighted by molar-refractivity contribution is 7.89. The van der Waals surface area contributed by atoms with Gasteiger partial charge in [-0.05, 0) is 30.7 Å². The average molecular weight is 269 g/mol. The monoisotopic (exact) mass is 269 g/mol. The van der Waals surface area contributed by atoms with Gasteiger partial charge in [0.25, 0.3) is 0 Å². The number of nitrogen functional groups attached to an aromatic ring is 1. The summed E-state index contributed by atoms with van der Waals surface area (Å²) in [6.07, 6.45) is 0.174. The summed E-state index contributed by atoms with van der Waals surface area (Å²) < 4.78 is 26.6. The van der Waals surface area contributed by atoms with Crippen molar-refractivity contribution in [3.63, 3.8) is 0 Å². The minimum absolute atomic E-state index is 0.142. The molecule has 1 aliphatic heterocycles. The van der Waals surface area contributed by atoms with Crippen LogP contribution in [0.15, 0.2) is 23.1 Å². The molecule has 1 atom stereocenters. The number of carbonyl (C=O) groups is 1. The highest BCUT2D eigenvalue weighted by atomic mass is 32.2. The summed E-state index contributed by atoms with van der Waals surface area (Å²) >= 11 is 0. The van der Waals surface area contributed by atoms with E-state index in [2.05, 4.69) is 10.0 Å². The molecule has 0 radical (unpaired) electrons. The summed E-state index contributed by atoms with van der Waals surface area (Å²) in [5, 5.41) is 2.58. The zero-order chi connectivity index (χ0) is 13.3. The molecule has 1 aliphatic rings. The molecule has 7 heteroatoms. The van der Waals surface area contributed by atoms with Crippen LogP contribution >= 0.6 is 0 Å². The maximum Gasteiger partial charge on any atom is 0.240 e. The summed E-state index contributed by atoms with van der Waals surface area (Å²) in [5.74, 6) is -0.142. The van der Waals surface area contributed by atoms with E-state index in [-0.39, 0.29) is 23.3 Å². The fourth-order valence-electron chi connectivity index (χ4n) is 1.79. The third-order valence-corrected chi connectivity index (χ3v) is 4.37. The summed E-state index contributed by atoms with van der Waals surface area (Å²) in [7, 11) is -3.60. The van der Waals surface area contributed by atoms with E-state index >= 15 is 0 Å². The van der Waals surface area contributed by atoms with Crippen LogP contribution in [0.1, 0.15) is 12.0 Å². The molecule has 18 heavy (non-hydrogen) atoms. The average Bonchev–Trinajstić information content (AvgIpc) is 2.67. The first kappa shape index (κ1) is 12.8. The van der Waals surface area contributed by atoms with Gasteiger partial charge in [0.15, 0.2) is 0 Å². The molecule has 0 saturated carbocycles. The zero-order valence-electron chi connectivity index (χ0n) is 9.93. The van der Waals surface area contributed by atoms with Gasteiger partial charge in [-0.25, -0.2) is 13.1 Å². The Labute approximate surface area is 106 Å². The zero-order valence-corrected chi connectivity index (χ0v) is 10.8. The lowest BCUT2D eigenvalue weighted by molar-refractivity contribution is -0.119. The van der Waals surface area contributed by atoms with E-state index in [9.17, 15) is 13.2 Å². The van der Waals surface area contributed by atoms with E-state index in [0.717, 1.165) is 0 Å². The molecule has 2 rings (SSSR count). The Bertz CT molecular complexity index is 583. The smallest absolute Gasteiger partial charge is 0.240 e. The molecule has 1 aromatic carbocycles. The van der Waals surface area contributed by atoms with Gasteiger partial charge in [-0.15, -0.1) is 0 Å². The van der Waals surface area contributed by atoms with Crippen LogP contribution in [0.3, 0.4) is 0 Å². The Morgan fingerprint density at radius 1 is 1.44 bits per heavy atom. The molecule has 0 spiro atoms. The molecule has 0 aromatic heterocycles. The quantitative estimate of drug-likeness (QED) is 0.658. The normalized spacial score (nSPS) is 19.8. The molecule has 1 fully saturated rings. The molecule has 1 aromatic rings. The first-order valence-electron chi connectivity index (χ1n) is 5.53. The highest BCUT2D eigenvalue weighted by Gasteiger charge is 2.26. The number of nitrogens with two attached hydrogens (primary N) is 1. The minimum Gasteiger partial charge on any atom is -0.399 e. The van der Waals surface area contributed by atoms with Crippen LogP contribution in [0.25, 0.3) is 0 Å². The number of benzene rings is 1. The summed E-state index contributed by atoms with van der Waals surface area (Å²) in [6.45, 7) is 2.07. The number of hydrogen-bond donors (Lipinski definition) is 3. The molecule has 0 aliphatic carbocycles. The number of hydrogen-bond acceptors (Lipinski definition) is 4. The lowest BCUT2D eigenvalue weighted by Gasteiger charge is -2.12. The summed E-state index contributed by atoms with van der Waals surface area (Å²) in [6, 6.07) is 4.14. The summed E-state index contributed by atoms with van der Waals surface area (Å²) in [4.78, 5) is 11.2. The van der Waals surface area contributed by atoms with E-state index in [0.29, 0.717) is 17.8 Å². The van der Waals surface area contributed by atoms with Crippen molar-refractivity contribution in [3.8, 4) is 0 Å². The van der Waals surface area contributed by atoms with Crippen LogP contribution in [0.5, 0.6) is 0 Å². The van der Waals surface area contributed by atoms with Crippen molar-refractivity contribution in [2.24, 2.45) is 0 Å². The minimum atomic E-state index is -3.60. The van der Waals surface area contributed by atoms with Gasteiger partial charge in [0, 0.05) is 24.7 Å².